The fourth-order valence-corrected chi connectivity index (χ4v) is 1.21. The van der Waals surface area contributed by atoms with Gasteiger partial charge in [0, 0.05) is 6.20 Å². The van der Waals surface area contributed by atoms with Crippen molar-refractivity contribution < 1.29 is 4.79 Å². The van der Waals surface area contributed by atoms with Crippen LogP contribution in [-0.4, -0.2) is 26.3 Å². The van der Waals surface area contributed by atoms with Crippen molar-refractivity contribution in [2.24, 2.45) is 0 Å². The van der Waals surface area contributed by atoms with Crippen molar-refractivity contribution in [2.75, 3.05) is 5.32 Å². The maximum absolute atomic E-state index is 11.3. The van der Waals surface area contributed by atoms with Gasteiger partial charge in [0.05, 0.1) is 11.8 Å². The molecule has 0 fully saturated rings. The monoisotopic (exact) mass is 195 g/mol. The highest BCUT2D eigenvalue weighted by Gasteiger charge is 2.07. The van der Waals surface area contributed by atoms with E-state index in [1.54, 1.807) is 5.51 Å². The van der Waals surface area contributed by atoms with E-state index in [0.717, 1.165) is 0 Å². The molecule has 7 heteroatoms. The molecule has 0 aliphatic heterocycles. The van der Waals surface area contributed by atoms with E-state index in [9.17, 15) is 4.79 Å². The van der Waals surface area contributed by atoms with Gasteiger partial charge in [-0.25, -0.2) is 0 Å². The predicted octanol–water partition coefficient (Wildman–Crippen LogP) is 0.513. The number of H-pyrrole nitrogens is 1. The van der Waals surface area contributed by atoms with Gasteiger partial charge in [-0.05, 0) is 0 Å². The molecular weight excluding hydrogens is 190 g/mol. The van der Waals surface area contributed by atoms with Gasteiger partial charge in [-0.2, -0.15) is 5.10 Å². The maximum Gasteiger partial charge on any atom is 0.260 e. The Hall–Kier alpha value is -1.76. The van der Waals surface area contributed by atoms with Gasteiger partial charge in [-0.15, -0.1) is 10.2 Å². The van der Waals surface area contributed by atoms with Crippen LogP contribution in [0.1, 0.15) is 10.4 Å². The van der Waals surface area contributed by atoms with Crippen molar-refractivity contribution in [2.45, 2.75) is 0 Å². The molecule has 0 atom stereocenters. The summed E-state index contributed by atoms with van der Waals surface area (Å²) < 4.78 is 0. The number of carbonyl (C=O) groups excluding carboxylic acids is 1. The van der Waals surface area contributed by atoms with E-state index >= 15 is 0 Å². The molecule has 0 unspecified atom stereocenters. The van der Waals surface area contributed by atoms with Gasteiger partial charge in [-0.1, -0.05) is 11.3 Å². The zero-order valence-electron chi connectivity index (χ0n) is 6.39. The Bertz CT molecular complexity index is 381. The van der Waals surface area contributed by atoms with E-state index in [1.165, 1.54) is 23.7 Å². The molecule has 2 N–H and O–H groups in total. The quantitative estimate of drug-likeness (QED) is 0.731. The first-order valence-electron chi connectivity index (χ1n) is 3.42. The molecule has 0 aliphatic carbocycles. The molecule has 66 valence electrons. The lowest BCUT2D eigenvalue weighted by atomic mass is 10.3. The third-order valence-corrected chi connectivity index (χ3v) is 1.95. The van der Waals surface area contributed by atoms with Crippen molar-refractivity contribution in [1.29, 1.82) is 0 Å². The standard InChI is InChI=1S/C6H5N5OS/c12-5(4-1-7-8-2-4)10-6-11-9-3-13-6/h1-3H,(H,7,8)(H,10,11,12). The van der Waals surface area contributed by atoms with Gasteiger partial charge in [0.2, 0.25) is 5.13 Å². The van der Waals surface area contributed by atoms with Gasteiger partial charge in [0.25, 0.3) is 5.91 Å². The van der Waals surface area contributed by atoms with Gasteiger partial charge < -0.3 is 0 Å². The topological polar surface area (TPSA) is 83.6 Å². The molecular formula is C6H5N5OS. The zero-order valence-corrected chi connectivity index (χ0v) is 7.21. The lowest BCUT2D eigenvalue weighted by Crippen LogP contribution is -2.10. The van der Waals surface area contributed by atoms with Crippen molar-refractivity contribution in [3.8, 4) is 0 Å². The Balaban J connectivity index is 2.08. The second-order valence-electron chi connectivity index (χ2n) is 2.18. The number of hydrogen-bond donors (Lipinski definition) is 2. The normalized spacial score (nSPS) is 9.85. The first-order chi connectivity index (χ1) is 6.36. The average molecular weight is 195 g/mol. The largest absolute Gasteiger partial charge is 0.296 e. The third-order valence-electron chi connectivity index (χ3n) is 1.34. The molecule has 0 bridgehead atoms. The molecule has 1 amide bonds. The summed E-state index contributed by atoms with van der Waals surface area (Å²) in [5.41, 5.74) is 2.01. The molecule has 6 nitrogen and oxygen atoms in total. The Labute approximate surface area is 77.0 Å². The first-order valence-corrected chi connectivity index (χ1v) is 4.30. The van der Waals surface area contributed by atoms with Crippen LogP contribution >= 0.6 is 11.3 Å². The number of nitrogens with zero attached hydrogens (tertiary/aromatic N) is 3. The van der Waals surface area contributed by atoms with Crippen LogP contribution in [0.3, 0.4) is 0 Å². The van der Waals surface area contributed by atoms with Crippen LogP contribution in [0.25, 0.3) is 0 Å². The molecule has 2 aromatic heterocycles. The molecule has 13 heavy (non-hydrogen) atoms. The molecule has 2 rings (SSSR count). The lowest BCUT2D eigenvalue weighted by Gasteiger charge is -1.95. The second-order valence-corrected chi connectivity index (χ2v) is 3.02. The van der Waals surface area contributed by atoms with E-state index in [2.05, 4.69) is 25.7 Å². The summed E-state index contributed by atoms with van der Waals surface area (Å²) >= 11 is 1.26. The van der Waals surface area contributed by atoms with Crippen LogP contribution < -0.4 is 5.32 Å². The number of carbonyl (C=O) groups is 1. The van der Waals surface area contributed by atoms with Gasteiger partial charge in [-0.3, -0.25) is 15.2 Å². The highest BCUT2D eigenvalue weighted by atomic mass is 32.1. The minimum absolute atomic E-state index is 0.245. The number of aromatic nitrogens is 4. The first kappa shape index (κ1) is 7.87. The Morgan fingerprint density at radius 3 is 3.15 bits per heavy atom. The smallest absolute Gasteiger partial charge is 0.260 e. The van der Waals surface area contributed by atoms with Crippen LogP contribution in [0, 0.1) is 0 Å². The molecule has 2 heterocycles. The summed E-state index contributed by atoms with van der Waals surface area (Å²) in [6.07, 6.45) is 2.95. The fourth-order valence-electron chi connectivity index (χ4n) is 0.772. The number of aromatic amines is 1. The fraction of sp³-hybridized carbons (Fsp3) is 0. The Morgan fingerprint density at radius 2 is 2.54 bits per heavy atom. The minimum atomic E-state index is -0.245. The summed E-state index contributed by atoms with van der Waals surface area (Å²) in [4.78, 5) is 11.3. The van der Waals surface area contributed by atoms with Gasteiger partial charge in [0.1, 0.15) is 5.51 Å². The summed E-state index contributed by atoms with van der Waals surface area (Å²) in [5.74, 6) is -0.245. The van der Waals surface area contributed by atoms with Crippen molar-refractivity contribution in [1.82, 2.24) is 20.4 Å². The van der Waals surface area contributed by atoms with E-state index in [1.807, 2.05) is 0 Å². The Kier molecular flexibility index (Phi) is 2.01. The van der Waals surface area contributed by atoms with Crippen LogP contribution in [0.2, 0.25) is 0 Å². The highest BCUT2D eigenvalue weighted by molar-refractivity contribution is 7.13. The molecule has 0 aliphatic rings. The van der Waals surface area contributed by atoms with Crippen LogP contribution in [0.4, 0.5) is 5.13 Å². The zero-order chi connectivity index (χ0) is 9.10. The maximum atomic E-state index is 11.3. The van der Waals surface area contributed by atoms with Crippen molar-refractivity contribution in [3.63, 3.8) is 0 Å². The van der Waals surface area contributed by atoms with Crippen molar-refractivity contribution in [3.05, 3.63) is 23.5 Å². The highest BCUT2D eigenvalue weighted by Crippen LogP contribution is 2.09. The molecule has 0 saturated heterocycles. The van der Waals surface area contributed by atoms with Gasteiger partial charge >= 0.3 is 0 Å². The van der Waals surface area contributed by atoms with Crippen LogP contribution in [-0.2, 0) is 0 Å². The van der Waals surface area contributed by atoms with Crippen molar-refractivity contribution >= 4 is 22.4 Å². The van der Waals surface area contributed by atoms with E-state index in [0.29, 0.717) is 10.7 Å². The number of nitrogens with one attached hydrogen (secondary N) is 2. The summed E-state index contributed by atoms with van der Waals surface area (Å²) in [6.45, 7) is 0. The van der Waals surface area contributed by atoms with Crippen LogP contribution in [0.5, 0.6) is 0 Å². The average Bonchev–Trinajstić information content (AvgIpc) is 2.74. The molecule has 0 saturated carbocycles. The third kappa shape index (κ3) is 1.70. The second kappa shape index (κ2) is 3.31. The van der Waals surface area contributed by atoms with E-state index in [4.69, 9.17) is 0 Å². The molecule has 2 aromatic rings. The predicted molar refractivity (Wildman–Crippen MR) is 46.4 cm³/mol. The minimum Gasteiger partial charge on any atom is -0.296 e. The molecule has 0 radical (unpaired) electrons. The number of amides is 1. The molecule has 0 aromatic carbocycles. The van der Waals surface area contributed by atoms with E-state index in [-0.39, 0.29) is 5.91 Å². The van der Waals surface area contributed by atoms with Gasteiger partial charge in [0.15, 0.2) is 0 Å². The van der Waals surface area contributed by atoms with Crippen LogP contribution in [0.15, 0.2) is 17.9 Å². The number of rotatable bonds is 2. The number of anilines is 1. The SMILES string of the molecule is O=C(Nc1nncs1)c1cn[nH]c1. The summed E-state index contributed by atoms with van der Waals surface area (Å²) in [7, 11) is 0. The molecule has 0 spiro atoms. The number of hydrogen-bond acceptors (Lipinski definition) is 5. The van der Waals surface area contributed by atoms with E-state index < -0.39 is 0 Å². The summed E-state index contributed by atoms with van der Waals surface area (Å²) in [5, 5.41) is 16.5. The Morgan fingerprint density at radius 1 is 1.62 bits per heavy atom. The lowest BCUT2D eigenvalue weighted by molar-refractivity contribution is 0.102. The summed E-state index contributed by atoms with van der Waals surface area (Å²) in [6, 6.07) is 0.